The second kappa shape index (κ2) is 12.0. The van der Waals surface area contributed by atoms with Crippen LogP contribution < -0.4 is 4.74 Å². The van der Waals surface area contributed by atoms with E-state index < -0.39 is 5.41 Å². The monoisotopic (exact) mass is 681 g/mol. The average Bonchev–Trinajstić information content (AvgIpc) is 3.48. The van der Waals surface area contributed by atoms with Gasteiger partial charge >= 0.3 is 0 Å². The Bertz CT molecular complexity index is 2680. The van der Waals surface area contributed by atoms with Crippen LogP contribution in [0.2, 0.25) is 0 Å². The molecule has 0 atom stereocenters. The summed E-state index contributed by atoms with van der Waals surface area (Å²) in [5.74, 6) is 2.46. The number of hydrogen-bond donors (Lipinski definition) is 0. The van der Waals surface area contributed by atoms with E-state index in [4.69, 9.17) is 14.7 Å². The van der Waals surface area contributed by atoms with Crippen molar-refractivity contribution in [3.05, 3.63) is 197 Å². The van der Waals surface area contributed by atoms with Crippen molar-refractivity contribution >= 4 is 0 Å². The van der Waals surface area contributed by atoms with Gasteiger partial charge in [-0.15, -0.1) is 0 Å². The maximum Gasteiger partial charge on any atom is 0.160 e. The standard InChI is InChI=1S/C49H35N3O/c1-30-28-50-29-31(2)46(30)35-16-11-15-34(26-35)37-17-12-20-42-47(37)38-27-36(48-51-32(3)25-43(52-48)33-13-5-4-6-14-33)23-24-39(38)49(42)40-18-7-9-21-44(40)53-45-22-10-8-19-41(45)49/h4-29H,1-3H3. The molecule has 10 rings (SSSR count). The van der Waals surface area contributed by atoms with Crippen LogP contribution >= 0.6 is 0 Å². The molecular weight excluding hydrogens is 647 g/mol. The Morgan fingerprint density at radius 2 is 1.09 bits per heavy atom. The number of pyridine rings is 1. The van der Waals surface area contributed by atoms with Gasteiger partial charge in [-0.05, 0) is 107 Å². The SMILES string of the molecule is Cc1cc(-c2ccccc2)nc(-c2ccc3c(c2)-c2c(-c4cccc(-c5c(C)cncc5C)c4)cccc2C32c3ccccc3Oc3ccccc32)n1. The van der Waals surface area contributed by atoms with E-state index in [0.29, 0.717) is 5.82 Å². The number of hydrogen-bond acceptors (Lipinski definition) is 4. The lowest BCUT2D eigenvalue weighted by atomic mass is 9.66. The minimum Gasteiger partial charge on any atom is -0.457 e. The lowest BCUT2D eigenvalue weighted by Crippen LogP contribution is -2.32. The molecule has 0 unspecified atom stereocenters. The summed E-state index contributed by atoms with van der Waals surface area (Å²) in [7, 11) is 0. The first-order valence-electron chi connectivity index (χ1n) is 18.1. The van der Waals surface area contributed by atoms with Crippen LogP contribution in [-0.2, 0) is 5.41 Å². The van der Waals surface area contributed by atoms with Crippen LogP contribution in [0.3, 0.4) is 0 Å². The fourth-order valence-electron chi connectivity index (χ4n) is 8.79. The summed E-state index contributed by atoms with van der Waals surface area (Å²) in [4.78, 5) is 14.6. The molecule has 0 saturated carbocycles. The van der Waals surface area contributed by atoms with Crippen molar-refractivity contribution in [2.75, 3.05) is 0 Å². The quantitative estimate of drug-likeness (QED) is 0.185. The summed E-state index contributed by atoms with van der Waals surface area (Å²) in [6.45, 7) is 6.32. The van der Waals surface area contributed by atoms with E-state index in [1.807, 2.05) is 25.4 Å². The largest absolute Gasteiger partial charge is 0.457 e. The molecule has 0 saturated heterocycles. The summed E-state index contributed by atoms with van der Waals surface area (Å²) in [6, 6.07) is 52.0. The van der Waals surface area contributed by atoms with Gasteiger partial charge in [0.05, 0.1) is 11.1 Å². The van der Waals surface area contributed by atoms with Gasteiger partial charge in [0.25, 0.3) is 0 Å². The topological polar surface area (TPSA) is 47.9 Å². The normalized spacial score (nSPS) is 13.1. The number of para-hydroxylation sites is 2. The molecule has 1 aliphatic heterocycles. The molecule has 6 aromatic carbocycles. The van der Waals surface area contributed by atoms with Crippen LogP contribution in [0.4, 0.5) is 0 Å². The smallest absolute Gasteiger partial charge is 0.160 e. The highest BCUT2D eigenvalue weighted by Crippen LogP contribution is 2.63. The van der Waals surface area contributed by atoms with Gasteiger partial charge in [-0.3, -0.25) is 4.98 Å². The summed E-state index contributed by atoms with van der Waals surface area (Å²) in [5, 5.41) is 0. The summed E-state index contributed by atoms with van der Waals surface area (Å²) < 4.78 is 6.63. The molecule has 0 radical (unpaired) electrons. The van der Waals surface area contributed by atoms with E-state index in [1.165, 1.54) is 38.9 Å². The predicted octanol–water partition coefficient (Wildman–Crippen LogP) is 11.9. The van der Waals surface area contributed by atoms with Gasteiger partial charge in [0.15, 0.2) is 5.82 Å². The average molecular weight is 682 g/mol. The summed E-state index contributed by atoms with van der Waals surface area (Å²) in [6.07, 6.45) is 3.90. The number of rotatable bonds is 4. The Labute approximate surface area is 309 Å². The third-order valence-corrected chi connectivity index (χ3v) is 10.9. The fourth-order valence-corrected chi connectivity index (χ4v) is 8.79. The van der Waals surface area contributed by atoms with Crippen molar-refractivity contribution in [2.24, 2.45) is 0 Å². The molecule has 252 valence electrons. The molecule has 1 spiro atoms. The Morgan fingerprint density at radius 3 is 1.85 bits per heavy atom. The van der Waals surface area contributed by atoms with Crippen molar-refractivity contribution in [3.8, 4) is 67.5 Å². The lowest BCUT2D eigenvalue weighted by molar-refractivity contribution is 0.436. The minimum atomic E-state index is -0.594. The first-order valence-corrected chi connectivity index (χ1v) is 18.1. The zero-order chi connectivity index (χ0) is 35.7. The number of ether oxygens (including phenoxy) is 1. The van der Waals surface area contributed by atoms with Crippen molar-refractivity contribution < 1.29 is 4.74 Å². The molecule has 4 heteroatoms. The van der Waals surface area contributed by atoms with E-state index in [9.17, 15) is 0 Å². The highest BCUT2D eigenvalue weighted by molar-refractivity contribution is 5.98. The van der Waals surface area contributed by atoms with Crippen LogP contribution in [0.15, 0.2) is 158 Å². The van der Waals surface area contributed by atoms with Gasteiger partial charge in [-0.25, -0.2) is 9.97 Å². The number of benzene rings is 6. The lowest BCUT2D eigenvalue weighted by Gasteiger charge is -2.39. The Kier molecular flexibility index (Phi) is 7.02. The number of aryl methyl sites for hydroxylation is 3. The highest BCUT2D eigenvalue weighted by atomic mass is 16.5. The molecule has 2 aromatic heterocycles. The van der Waals surface area contributed by atoms with Gasteiger partial charge in [-0.2, -0.15) is 0 Å². The van der Waals surface area contributed by atoms with Gasteiger partial charge in [0.2, 0.25) is 0 Å². The second-order valence-corrected chi connectivity index (χ2v) is 14.1. The fraction of sp³-hybridized carbons (Fsp3) is 0.0816. The van der Waals surface area contributed by atoms with Crippen molar-refractivity contribution in [2.45, 2.75) is 26.2 Å². The number of aromatic nitrogens is 3. The van der Waals surface area contributed by atoms with Crippen LogP contribution in [0.25, 0.3) is 56.0 Å². The third kappa shape index (κ3) is 4.72. The van der Waals surface area contributed by atoms with E-state index in [0.717, 1.165) is 61.8 Å². The van der Waals surface area contributed by atoms with Crippen molar-refractivity contribution in [1.29, 1.82) is 0 Å². The van der Waals surface area contributed by atoms with E-state index in [1.54, 1.807) is 0 Å². The van der Waals surface area contributed by atoms with Crippen LogP contribution in [0, 0.1) is 20.8 Å². The minimum absolute atomic E-state index is 0.594. The van der Waals surface area contributed by atoms with E-state index in [2.05, 4.69) is 158 Å². The predicted molar refractivity (Wildman–Crippen MR) is 213 cm³/mol. The molecule has 0 fully saturated rings. The van der Waals surface area contributed by atoms with Crippen LogP contribution in [0.5, 0.6) is 11.5 Å². The molecule has 4 nitrogen and oxygen atoms in total. The molecule has 53 heavy (non-hydrogen) atoms. The molecule has 8 aromatic rings. The first-order chi connectivity index (χ1) is 26.0. The second-order valence-electron chi connectivity index (χ2n) is 14.1. The maximum absolute atomic E-state index is 6.63. The third-order valence-electron chi connectivity index (χ3n) is 10.9. The Balaban J connectivity index is 1.27. The summed E-state index contributed by atoms with van der Waals surface area (Å²) in [5.41, 5.74) is 17.5. The number of nitrogens with zero attached hydrogens (tertiary/aromatic N) is 3. The van der Waals surface area contributed by atoms with Crippen molar-refractivity contribution in [3.63, 3.8) is 0 Å². The molecule has 0 amide bonds. The maximum atomic E-state index is 6.63. The van der Waals surface area contributed by atoms with Gasteiger partial charge in [0.1, 0.15) is 11.5 Å². The zero-order valence-electron chi connectivity index (χ0n) is 29.8. The van der Waals surface area contributed by atoms with Crippen LogP contribution in [-0.4, -0.2) is 15.0 Å². The summed E-state index contributed by atoms with van der Waals surface area (Å²) >= 11 is 0. The van der Waals surface area contributed by atoms with Gasteiger partial charge in [-0.1, -0.05) is 115 Å². The molecule has 1 aliphatic carbocycles. The Morgan fingerprint density at radius 1 is 0.453 bits per heavy atom. The highest BCUT2D eigenvalue weighted by Gasteiger charge is 2.51. The van der Waals surface area contributed by atoms with Gasteiger partial charge < -0.3 is 4.74 Å². The number of fused-ring (bicyclic) bond motifs is 9. The molecule has 2 aliphatic rings. The molecule has 0 N–H and O–H groups in total. The zero-order valence-corrected chi connectivity index (χ0v) is 29.8. The van der Waals surface area contributed by atoms with E-state index in [-0.39, 0.29) is 0 Å². The molecular formula is C49H35N3O. The Hall–Kier alpha value is -6.65. The molecule has 0 bridgehead atoms. The van der Waals surface area contributed by atoms with Gasteiger partial charge in [0, 0.05) is 40.3 Å². The van der Waals surface area contributed by atoms with Crippen molar-refractivity contribution in [1.82, 2.24) is 15.0 Å². The van der Waals surface area contributed by atoms with E-state index >= 15 is 0 Å². The van der Waals surface area contributed by atoms with Crippen LogP contribution in [0.1, 0.15) is 39.1 Å². The first kappa shape index (κ1) is 31.1. The molecule has 3 heterocycles.